The van der Waals surface area contributed by atoms with Crippen LogP contribution in [-0.4, -0.2) is 58.0 Å². The Labute approximate surface area is 287 Å². The van der Waals surface area contributed by atoms with Crippen LogP contribution in [0.25, 0.3) is 0 Å². The Morgan fingerprint density at radius 2 is 1.49 bits per heavy atom. The van der Waals surface area contributed by atoms with Crippen molar-refractivity contribution in [3.63, 3.8) is 0 Å². The number of sulfonamides is 1. The first-order valence-electron chi connectivity index (χ1n) is 16.4. The zero-order chi connectivity index (χ0) is 34.8. The van der Waals surface area contributed by atoms with Gasteiger partial charge in [-0.3, -0.25) is 13.9 Å². The fourth-order valence-corrected chi connectivity index (χ4v) is 7.56. The SMILES string of the molecule is COc1ccc(S(=O)(=O)N(CC(=O)N(Cc2ccccc2F)[C@H](Cc2ccccc2)C(=O)NC2CCCCC2)c2ccccc2OC)cc1. The van der Waals surface area contributed by atoms with Gasteiger partial charge in [0.15, 0.2) is 0 Å². The first-order valence-corrected chi connectivity index (χ1v) is 17.8. The lowest BCUT2D eigenvalue weighted by Gasteiger charge is -2.35. The quantitative estimate of drug-likeness (QED) is 0.171. The van der Waals surface area contributed by atoms with Gasteiger partial charge < -0.3 is 19.7 Å². The van der Waals surface area contributed by atoms with Crippen LogP contribution in [-0.2, 0) is 32.6 Å². The van der Waals surface area contributed by atoms with Gasteiger partial charge in [-0.2, -0.15) is 0 Å². The summed E-state index contributed by atoms with van der Waals surface area (Å²) in [5.74, 6) is -0.918. The molecule has 0 aliphatic heterocycles. The van der Waals surface area contributed by atoms with Crippen molar-refractivity contribution in [1.82, 2.24) is 10.2 Å². The molecule has 11 heteroatoms. The zero-order valence-corrected chi connectivity index (χ0v) is 28.6. The van der Waals surface area contributed by atoms with Crippen molar-refractivity contribution in [2.24, 2.45) is 0 Å². The van der Waals surface area contributed by atoms with Gasteiger partial charge in [-0.1, -0.05) is 79.9 Å². The summed E-state index contributed by atoms with van der Waals surface area (Å²) in [6.07, 6.45) is 4.87. The molecule has 0 spiro atoms. The molecule has 4 aromatic rings. The number of benzene rings is 4. The second-order valence-electron chi connectivity index (χ2n) is 12.0. The number of nitrogens with one attached hydrogen (secondary N) is 1. The predicted octanol–water partition coefficient (Wildman–Crippen LogP) is 6.13. The topological polar surface area (TPSA) is 105 Å². The maximum Gasteiger partial charge on any atom is 0.264 e. The Balaban J connectivity index is 1.59. The molecule has 1 aliphatic rings. The minimum absolute atomic E-state index is 0.0505. The van der Waals surface area contributed by atoms with Crippen LogP contribution in [0.5, 0.6) is 11.5 Å². The van der Waals surface area contributed by atoms with Gasteiger partial charge in [-0.25, -0.2) is 12.8 Å². The Bertz CT molecular complexity index is 1810. The van der Waals surface area contributed by atoms with Crippen LogP contribution < -0.4 is 19.1 Å². The van der Waals surface area contributed by atoms with E-state index in [9.17, 15) is 18.0 Å². The number of hydrogen-bond donors (Lipinski definition) is 1. The van der Waals surface area contributed by atoms with E-state index in [1.165, 1.54) is 49.5 Å². The number of amides is 2. The van der Waals surface area contributed by atoms with Crippen molar-refractivity contribution < 1.29 is 31.9 Å². The highest BCUT2D eigenvalue weighted by Gasteiger charge is 2.36. The monoisotopic (exact) mass is 687 g/mol. The van der Waals surface area contributed by atoms with Gasteiger partial charge in [0.25, 0.3) is 10.0 Å². The molecule has 1 N–H and O–H groups in total. The van der Waals surface area contributed by atoms with E-state index in [1.54, 1.807) is 42.5 Å². The minimum Gasteiger partial charge on any atom is -0.497 e. The molecule has 258 valence electrons. The molecule has 1 aliphatic carbocycles. The van der Waals surface area contributed by atoms with Gasteiger partial charge >= 0.3 is 0 Å². The van der Waals surface area contributed by atoms with Crippen molar-refractivity contribution in [2.45, 2.75) is 62.0 Å². The zero-order valence-electron chi connectivity index (χ0n) is 27.8. The molecule has 49 heavy (non-hydrogen) atoms. The van der Waals surface area contributed by atoms with Gasteiger partial charge in [-0.15, -0.1) is 0 Å². The third-order valence-electron chi connectivity index (χ3n) is 8.80. The molecule has 0 heterocycles. The molecular weight excluding hydrogens is 645 g/mol. The van der Waals surface area contributed by atoms with E-state index in [1.807, 2.05) is 30.3 Å². The lowest BCUT2D eigenvalue weighted by atomic mass is 9.94. The molecule has 4 aromatic carbocycles. The molecule has 1 atom stereocenters. The van der Waals surface area contributed by atoms with Crippen LogP contribution in [0.2, 0.25) is 0 Å². The smallest absolute Gasteiger partial charge is 0.264 e. The average molecular weight is 688 g/mol. The first kappa shape index (κ1) is 35.4. The molecule has 2 amide bonds. The van der Waals surface area contributed by atoms with E-state index in [0.29, 0.717) is 5.75 Å². The summed E-state index contributed by atoms with van der Waals surface area (Å²) in [4.78, 5) is 30.1. The van der Waals surface area contributed by atoms with Gasteiger partial charge in [-0.05, 0) is 60.9 Å². The van der Waals surface area contributed by atoms with Crippen molar-refractivity contribution in [2.75, 3.05) is 25.1 Å². The maximum absolute atomic E-state index is 15.2. The Kier molecular flexibility index (Phi) is 11.9. The van der Waals surface area contributed by atoms with Crippen LogP contribution in [0, 0.1) is 5.82 Å². The van der Waals surface area contributed by atoms with Gasteiger partial charge in [0.1, 0.15) is 29.9 Å². The second-order valence-corrected chi connectivity index (χ2v) is 13.9. The van der Waals surface area contributed by atoms with Crippen molar-refractivity contribution >= 4 is 27.5 Å². The lowest BCUT2D eigenvalue weighted by Crippen LogP contribution is -2.55. The minimum atomic E-state index is -4.37. The summed E-state index contributed by atoms with van der Waals surface area (Å²) in [5, 5.41) is 3.15. The number of carbonyl (C=O) groups is 2. The Morgan fingerprint density at radius 3 is 2.16 bits per heavy atom. The number of halogens is 1. The number of para-hydroxylation sites is 2. The fraction of sp³-hybridized carbons (Fsp3) is 0.316. The third-order valence-corrected chi connectivity index (χ3v) is 10.6. The summed E-state index contributed by atoms with van der Waals surface area (Å²) >= 11 is 0. The number of methoxy groups -OCH3 is 2. The molecule has 5 rings (SSSR count). The summed E-state index contributed by atoms with van der Waals surface area (Å²) < 4.78 is 55.6. The molecule has 0 radical (unpaired) electrons. The standard InChI is InChI=1S/C38H42FN3O6S/c1-47-31-21-23-32(24-22-31)49(45,46)42(34-19-11-12-20-36(34)48-2)27-37(43)41(26-29-15-9-10-18-33(29)39)35(25-28-13-5-3-6-14-28)38(44)40-30-16-7-4-8-17-30/h3,5-6,9-15,18-24,30,35H,4,7-8,16-17,25-27H2,1-2H3,(H,40,44)/t35-/m1/s1. The largest absolute Gasteiger partial charge is 0.497 e. The normalized spacial score (nSPS) is 14.0. The highest BCUT2D eigenvalue weighted by Crippen LogP contribution is 2.33. The predicted molar refractivity (Wildman–Crippen MR) is 186 cm³/mol. The van der Waals surface area contributed by atoms with Gasteiger partial charge in [0.05, 0.1) is 24.8 Å². The molecule has 1 fully saturated rings. The molecule has 1 saturated carbocycles. The maximum atomic E-state index is 15.2. The molecule has 0 saturated heterocycles. The van der Waals surface area contributed by atoms with Crippen molar-refractivity contribution in [3.05, 3.63) is 120 Å². The van der Waals surface area contributed by atoms with Gasteiger partial charge in [0, 0.05) is 24.6 Å². The van der Waals surface area contributed by atoms with E-state index >= 15 is 4.39 Å². The highest BCUT2D eigenvalue weighted by molar-refractivity contribution is 7.92. The summed E-state index contributed by atoms with van der Waals surface area (Å²) in [5.41, 5.74) is 1.12. The first-order chi connectivity index (χ1) is 23.7. The summed E-state index contributed by atoms with van der Waals surface area (Å²) in [7, 11) is -1.49. The van der Waals surface area contributed by atoms with Crippen molar-refractivity contribution in [3.8, 4) is 11.5 Å². The fourth-order valence-electron chi connectivity index (χ4n) is 6.13. The summed E-state index contributed by atoms with van der Waals surface area (Å²) in [6, 6.07) is 26.5. The molecule has 0 unspecified atom stereocenters. The Morgan fingerprint density at radius 1 is 0.837 bits per heavy atom. The number of carbonyl (C=O) groups excluding carboxylic acids is 2. The van der Waals surface area contributed by atoms with Gasteiger partial charge in [0.2, 0.25) is 11.8 Å². The molecule has 0 bridgehead atoms. The number of rotatable bonds is 14. The van der Waals surface area contributed by atoms with E-state index in [0.717, 1.165) is 42.0 Å². The second kappa shape index (κ2) is 16.5. The number of nitrogens with zero attached hydrogens (tertiary/aromatic N) is 2. The molecule has 0 aromatic heterocycles. The van der Waals surface area contributed by atoms with E-state index in [2.05, 4.69) is 5.32 Å². The van der Waals surface area contributed by atoms with Crippen LogP contribution in [0.4, 0.5) is 10.1 Å². The van der Waals surface area contributed by atoms with Crippen LogP contribution >= 0.6 is 0 Å². The van der Waals surface area contributed by atoms with Crippen LogP contribution in [0.1, 0.15) is 43.2 Å². The van der Waals surface area contributed by atoms with E-state index < -0.39 is 34.3 Å². The van der Waals surface area contributed by atoms with Crippen LogP contribution in [0.15, 0.2) is 108 Å². The average Bonchev–Trinajstić information content (AvgIpc) is 3.13. The molecular formula is C38H42FN3O6S. The third kappa shape index (κ3) is 8.77. The van der Waals surface area contributed by atoms with E-state index in [4.69, 9.17) is 9.47 Å². The number of hydrogen-bond acceptors (Lipinski definition) is 6. The number of ether oxygens (including phenoxy) is 2. The highest BCUT2D eigenvalue weighted by atomic mass is 32.2. The Hall–Kier alpha value is -4.90. The van der Waals surface area contributed by atoms with Crippen molar-refractivity contribution in [1.29, 1.82) is 0 Å². The molecule has 9 nitrogen and oxygen atoms in total. The lowest BCUT2D eigenvalue weighted by molar-refractivity contribution is -0.140. The number of anilines is 1. The van der Waals surface area contributed by atoms with Crippen LogP contribution in [0.3, 0.4) is 0 Å². The van der Waals surface area contributed by atoms with E-state index in [-0.39, 0.29) is 46.8 Å². The summed E-state index contributed by atoms with van der Waals surface area (Å²) in [6.45, 7) is -0.950.